The van der Waals surface area contributed by atoms with Crippen molar-refractivity contribution in [3.8, 4) is 0 Å². The van der Waals surface area contributed by atoms with E-state index in [0.717, 1.165) is 22.0 Å². The summed E-state index contributed by atoms with van der Waals surface area (Å²) in [5, 5.41) is 3.50. The number of anilines is 1. The Labute approximate surface area is 199 Å². The van der Waals surface area contributed by atoms with Crippen molar-refractivity contribution >= 4 is 38.8 Å². The molecule has 5 aromatic rings. The molecule has 1 aliphatic rings. The predicted molar refractivity (Wildman–Crippen MR) is 140 cm³/mol. The Morgan fingerprint density at radius 2 is 1.76 bits per heavy atom. The molecule has 0 fully saturated rings. The zero-order valence-corrected chi connectivity index (χ0v) is 20.6. The molecular formula is C29H30N4O. The lowest BCUT2D eigenvalue weighted by Crippen LogP contribution is -2.46. The average molecular weight is 451 g/mol. The average Bonchev–Trinajstić information content (AvgIpc) is 3.46. The highest BCUT2D eigenvalue weighted by molar-refractivity contribution is 6.06. The topological polar surface area (TPSA) is 37.4 Å². The van der Waals surface area contributed by atoms with Gasteiger partial charge in [-0.15, -0.1) is 0 Å². The molecule has 172 valence electrons. The highest BCUT2D eigenvalue weighted by Crippen LogP contribution is 2.43. The van der Waals surface area contributed by atoms with Crippen LogP contribution in [0.15, 0.2) is 71.4 Å². The first-order chi connectivity index (χ1) is 16.3. The van der Waals surface area contributed by atoms with E-state index in [2.05, 4.69) is 121 Å². The van der Waals surface area contributed by atoms with Gasteiger partial charge in [-0.1, -0.05) is 24.3 Å². The van der Waals surface area contributed by atoms with Crippen molar-refractivity contribution in [1.82, 2.24) is 14.5 Å². The first-order valence-corrected chi connectivity index (χ1v) is 11.9. The van der Waals surface area contributed by atoms with Crippen molar-refractivity contribution in [3.05, 3.63) is 83.8 Å². The maximum absolute atomic E-state index is 6.19. The van der Waals surface area contributed by atoms with Gasteiger partial charge in [-0.25, -0.2) is 4.98 Å². The molecule has 6 rings (SSSR count). The third kappa shape index (κ3) is 2.82. The number of hydrogen-bond acceptors (Lipinski definition) is 4. The molecule has 4 heterocycles. The molecule has 0 amide bonds. The first-order valence-electron chi connectivity index (χ1n) is 11.9. The minimum atomic E-state index is -0.277. The minimum Gasteiger partial charge on any atom is -0.438 e. The Balaban J connectivity index is 1.47. The third-order valence-corrected chi connectivity index (χ3v) is 7.49. The summed E-state index contributed by atoms with van der Waals surface area (Å²) < 4.78 is 8.47. The number of benzene rings is 2. The summed E-state index contributed by atoms with van der Waals surface area (Å²) in [6.07, 6.45) is 4.57. The summed E-state index contributed by atoms with van der Waals surface area (Å²) in [6, 6.07) is 19.3. The normalized spacial score (nSPS) is 16.6. The number of aromatic nitrogens is 2. The van der Waals surface area contributed by atoms with Gasteiger partial charge >= 0.3 is 0 Å². The monoisotopic (exact) mass is 450 g/mol. The smallest absolute Gasteiger partial charge is 0.227 e. The van der Waals surface area contributed by atoms with Crippen LogP contribution in [0, 0.1) is 13.8 Å². The van der Waals surface area contributed by atoms with Crippen LogP contribution in [-0.4, -0.2) is 20.6 Å². The van der Waals surface area contributed by atoms with Gasteiger partial charge in [0.15, 0.2) is 0 Å². The maximum atomic E-state index is 6.19. The van der Waals surface area contributed by atoms with E-state index in [1.54, 1.807) is 0 Å². The van der Waals surface area contributed by atoms with Gasteiger partial charge in [0.25, 0.3) is 0 Å². The van der Waals surface area contributed by atoms with Crippen LogP contribution in [0.4, 0.5) is 5.82 Å². The second-order valence-electron chi connectivity index (χ2n) is 9.96. The predicted octanol–water partition coefficient (Wildman–Crippen LogP) is 6.96. The summed E-state index contributed by atoms with van der Waals surface area (Å²) in [5.41, 5.74) is 6.06. The Morgan fingerprint density at radius 1 is 0.971 bits per heavy atom. The quantitative estimate of drug-likeness (QED) is 0.298. The van der Waals surface area contributed by atoms with Gasteiger partial charge in [0.2, 0.25) is 5.71 Å². The van der Waals surface area contributed by atoms with Crippen molar-refractivity contribution in [2.75, 3.05) is 4.90 Å². The lowest BCUT2D eigenvalue weighted by atomic mass is 9.85. The van der Waals surface area contributed by atoms with Crippen LogP contribution in [0.1, 0.15) is 37.6 Å². The number of aryl methyl sites for hydroxylation is 3. The molecule has 0 spiro atoms. The molecule has 0 N–H and O–H groups in total. The molecule has 34 heavy (non-hydrogen) atoms. The molecule has 0 radical (unpaired) electrons. The van der Waals surface area contributed by atoms with E-state index in [4.69, 9.17) is 4.42 Å². The molecule has 5 nitrogen and oxygen atoms in total. The molecule has 3 aromatic heterocycles. The molecule has 0 saturated heterocycles. The number of pyridine rings is 1. The second kappa shape index (κ2) is 7.13. The number of rotatable bonds is 3. The number of hydrogen-bond donors (Lipinski definition) is 0. The van der Waals surface area contributed by atoms with Gasteiger partial charge in [0.05, 0.1) is 5.54 Å². The Kier molecular flexibility index (Phi) is 4.37. The van der Waals surface area contributed by atoms with E-state index in [-0.39, 0.29) is 11.7 Å². The highest BCUT2D eigenvalue weighted by Gasteiger charge is 2.39. The summed E-state index contributed by atoms with van der Waals surface area (Å²) in [4.78, 5) is 9.46. The van der Waals surface area contributed by atoms with Crippen LogP contribution in [0.3, 0.4) is 0 Å². The lowest BCUT2D eigenvalue weighted by molar-refractivity contribution is 0.153. The van der Waals surface area contributed by atoms with Gasteiger partial charge in [-0.2, -0.15) is 0 Å². The zero-order valence-electron chi connectivity index (χ0n) is 20.6. The van der Waals surface area contributed by atoms with Crippen molar-refractivity contribution in [2.24, 2.45) is 7.05 Å². The number of nitrogens with zero attached hydrogens (tertiary/aromatic N) is 4. The molecule has 0 saturated carbocycles. The van der Waals surface area contributed by atoms with Crippen LogP contribution in [0.25, 0.3) is 33.0 Å². The summed E-state index contributed by atoms with van der Waals surface area (Å²) >= 11 is 0. The molecule has 2 aromatic carbocycles. The van der Waals surface area contributed by atoms with Crippen molar-refractivity contribution in [3.63, 3.8) is 0 Å². The molecule has 0 bridgehead atoms. The van der Waals surface area contributed by atoms with Crippen LogP contribution in [0.5, 0.6) is 0 Å². The highest BCUT2D eigenvalue weighted by atomic mass is 16.3. The molecule has 1 aliphatic heterocycles. The van der Waals surface area contributed by atoms with Gasteiger partial charge in [-0.05, 0) is 76.1 Å². The minimum absolute atomic E-state index is 0.145. The zero-order chi connectivity index (χ0) is 23.8. The van der Waals surface area contributed by atoms with Gasteiger partial charge in [-0.3, -0.25) is 0 Å². The van der Waals surface area contributed by atoms with Crippen LogP contribution >= 0.6 is 0 Å². The van der Waals surface area contributed by atoms with E-state index in [9.17, 15) is 0 Å². The molecular weight excluding hydrogens is 420 g/mol. The lowest BCUT2D eigenvalue weighted by Gasteiger charge is -2.42. The van der Waals surface area contributed by atoms with Crippen LogP contribution in [-0.2, 0) is 12.6 Å². The van der Waals surface area contributed by atoms with Crippen molar-refractivity contribution < 1.29 is 4.42 Å². The van der Waals surface area contributed by atoms with E-state index in [1.807, 2.05) is 6.92 Å². The Morgan fingerprint density at radius 3 is 2.56 bits per heavy atom. The van der Waals surface area contributed by atoms with Crippen LogP contribution in [0.2, 0.25) is 0 Å². The van der Waals surface area contributed by atoms with E-state index >= 15 is 0 Å². The maximum Gasteiger partial charge on any atom is 0.227 e. The first kappa shape index (κ1) is 20.8. The van der Waals surface area contributed by atoms with Gasteiger partial charge in [0.1, 0.15) is 17.6 Å². The standard InChI is InChI=1S/C29H30N4O/c1-18-11-14-24-26(22-13-12-19(2)30-28(22)34-24)27(18)29(4,5)33-16-15-32(20(33)3)25-17-21-9-7-8-10-23(21)31(25)6/h7-17,20H,1-6H3/t20-/m1/s1. The summed E-state index contributed by atoms with van der Waals surface area (Å²) in [5.74, 6) is 1.19. The summed E-state index contributed by atoms with van der Waals surface area (Å²) in [6.45, 7) is 11.1. The molecule has 0 unspecified atom stereocenters. The third-order valence-electron chi connectivity index (χ3n) is 7.49. The second-order valence-corrected chi connectivity index (χ2v) is 9.96. The number of fused-ring (bicyclic) bond motifs is 4. The fourth-order valence-electron chi connectivity index (χ4n) is 5.83. The van der Waals surface area contributed by atoms with Gasteiger partial charge < -0.3 is 18.8 Å². The van der Waals surface area contributed by atoms with Crippen molar-refractivity contribution in [2.45, 2.75) is 46.3 Å². The summed E-state index contributed by atoms with van der Waals surface area (Å²) in [7, 11) is 2.14. The molecule has 1 atom stereocenters. The molecule has 0 aliphatic carbocycles. The fourth-order valence-corrected chi connectivity index (χ4v) is 5.83. The Hall–Kier alpha value is -3.73. The largest absolute Gasteiger partial charge is 0.438 e. The van der Waals surface area contributed by atoms with E-state index < -0.39 is 0 Å². The molecule has 5 heteroatoms. The van der Waals surface area contributed by atoms with Crippen LogP contribution < -0.4 is 4.90 Å². The van der Waals surface area contributed by atoms with E-state index in [0.29, 0.717) is 5.71 Å². The SMILES string of the molecule is Cc1ccc2c(n1)oc1ccc(C)c(C(C)(C)N3C=CN(c4cc5ccccc5n4C)[C@H]3C)c12. The van der Waals surface area contributed by atoms with E-state index in [1.165, 1.54) is 27.8 Å². The number of para-hydroxylation sites is 1. The Bertz CT molecular complexity index is 1600. The van der Waals surface area contributed by atoms with Crippen molar-refractivity contribution in [1.29, 1.82) is 0 Å². The van der Waals surface area contributed by atoms with Gasteiger partial charge in [0, 0.05) is 46.8 Å². The fraction of sp³-hybridized carbons (Fsp3) is 0.276. The number of furan rings is 1.